The lowest BCUT2D eigenvalue weighted by atomic mass is 9.95. The van der Waals surface area contributed by atoms with E-state index in [9.17, 15) is 19.1 Å². The van der Waals surface area contributed by atoms with E-state index < -0.39 is 23.2 Å². The van der Waals surface area contributed by atoms with Crippen molar-refractivity contribution in [2.45, 2.75) is 44.4 Å². The number of nitrogens with one attached hydrogen (secondary N) is 2. The first-order valence-corrected chi connectivity index (χ1v) is 14.3. The van der Waals surface area contributed by atoms with Crippen molar-refractivity contribution in [1.29, 1.82) is 0 Å². The average Bonchev–Trinajstić information content (AvgIpc) is 3.52. The number of alkyl halides is 1. The van der Waals surface area contributed by atoms with E-state index in [2.05, 4.69) is 30.2 Å². The van der Waals surface area contributed by atoms with Gasteiger partial charge < -0.3 is 24.6 Å². The molecule has 13 heteroatoms. The number of fused-ring (bicyclic) bond motifs is 3. The molecule has 2 aromatic carbocycles. The summed E-state index contributed by atoms with van der Waals surface area (Å²) in [4.78, 5) is 43.3. The van der Waals surface area contributed by atoms with Crippen molar-refractivity contribution in [2.75, 3.05) is 25.0 Å². The predicted octanol–water partition coefficient (Wildman–Crippen LogP) is 4.21. The van der Waals surface area contributed by atoms with Gasteiger partial charge in [0.1, 0.15) is 47.1 Å². The molecule has 3 aromatic heterocycles. The average molecular weight is 603 g/mol. The SMILES string of the molecule is Cc1c(-c2cc(O)cc3cccc(F)c23)oc(=O)c2c(NCc3nccc(=O)[nH]3)nc(OC[C@@]34CCCN3C[C@H](F)C4)nc12. The van der Waals surface area contributed by atoms with Crippen LogP contribution in [-0.4, -0.2) is 61.3 Å². The van der Waals surface area contributed by atoms with Gasteiger partial charge in [-0.3, -0.25) is 9.69 Å². The first kappa shape index (κ1) is 27.9. The first-order valence-electron chi connectivity index (χ1n) is 14.3. The van der Waals surface area contributed by atoms with Crippen molar-refractivity contribution in [3.8, 4) is 23.1 Å². The zero-order chi connectivity index (χ0) is 30.6. The Kier molecular flexibility index (Phi) is 6.76. The molecule has 2 fully saturated rings. The number of aromatic nitrogens is 4. The number of ether oxygens (including phenoxy) is 1. The zero-order valence-electron chi connectivity index (χ0n) is 23.7. The molecule has 3 N–H and O–H groups in total. The lowest BCUT2D eigenvalue weighted by Crippen LogP contribution is -2.43. The summed E-state index contributed by atoms with van der Waals surface area (Å²) in [5.74, 6) is -0.299. The number of aromatic amines is 1. The van der Waals surface area contributed by atoms with Crippen molar-refractivity contribution in [3.63, 3.8) is 0 Å². The van der Waals surface area contributed by atoms with Gasteiger partial charge in [0.2, 0.25) is 0 Å². The van der Waals surface area contributed by atoms with Gasteiger partial charge in [-0.15, -0.1) is 0 Å². The molecule has 0 bridgehead atoms. The molecule has 0 amide bonds. The molecule has 226 valence electrons. The number of nitrogens with zero attached hydrogens (tertiary/aromatic N) is 4. The first-order chi connectivity index (χ1) is 21.2. The number of anilines is 1. The molecule has 2 atom stereocenters. The minimum absolute atomic E-state index is 0.00548. The van der Waals surface area contributed by atoms with Gasteiger partial charge in [-0.2, -0.15) is 9.97 Å². The molecule has 7 rings (SSSR count). The molecule has 5 heterocycles. The van der Waals surface area contributed by atoms with Gasteiger partial charge in [0.15, 0.2) is 0 Å². The number of aryl methyl sites for hydroxylation is 1. The summed E-state index contributed by atoms with van der Waals surface area (Å²) in [6, 6.07) is 8.43. The monoisotopic (exact) mass is 602 g/mol. The van der Waals surface area contributed by atoms with Gasteiger partial charge >= 0.3 is 11.6 Å². The molecule has 0 aliphatic carbocycles. The third kappa shape index (κ3) is 4.82. The lowest BCUT2D eigenvalue weighted by Gasteiger charge is -2.30. The summed E-state index contributed by atoms with van der Waals surface area (Å²) in [5, 5.41) is 14.1. The Bertz CT molecular complexity index is 2050. The van der Waals surface area contributed by atoms with Crippen LogP contribution in [0, 0.1) is 12.7 Å². The van der Waals surface area contributed by atoms with E-state index in [0.717, 1.165) is 19.4 Å². The zero-order valence-corrected chi connectivity index (χ0v) is 23.7. The number of phenolic OH excluding ortho intramolecular Hbond substituents is 1. The van der Waals surface area contributed by atoms with Gasteiger partial charge in [-0.25, -0.2) is 18.6 Å². The van der Waals surface area contributed by atoms with Crippen LogP contribution in [0.25, 0.3) is 33.0 Å². The molecule has 0 unspecified atom stereocenters. The van der Waals surface area contributed by atoms with Gasteiger partial charge in [-0.1, -0.05) is 12.1 Å². The van der Waals surface area contributed by atoms with Crippen molar-refractivity contribution in [2.24, 2.45) is 0 Å². The maximum Gasteiger partial charge on any atom is 0.349 e. The van der Waals surface area contributed by atoms with Gasteiger partial charge in [0.25, 0.3) is 5.56 Å². The summed E-state index contributed by atoms with van der Waals surface area (Å²) in [6.07, 6.45) is 2.48. The summed E-state index contributed by atoms with van der Waals surface area (Å²) in [7, 11) is 0. The van der Waals surface area contributed by atoms with E-state index in [1.165, 1.54) is 36.5 Å². The fraction of sp³-hybridized carbons (Fsp3) is 0.323. The van der Waals surface area contributed by atoms with Gasteiger partial charge in [0.05, 0.1) is 17.6 Å². The Morgan fingerprint density at radius 3 is 2.93 bits per heavy atom. The van der Waals surface area contributed by atoms with E-state index in [1.54, 1.807) is 13.0 Å². The minimum atomic E-state index is -0.943. The second kappa shape index (κ2) is 10.7. The third-order valence-electron chi connectivity index (χ3n) is 8.52. The van der Waals surface area contributed by atoms with Crippen LogP contribution in [-0.2, 0) is 6.54 Å². The van der Waals surface area contributed by atoms with Gasteiger partial charge in [-0.05, 0) is 49.9 Å². The highest BCUT2D eigenvalue weighted by Crippen LogP contribution is 2.41. The standard InChI is InChI=1S/C31H28F2N6O5/c1-16-26-25(29(42)44-27(16)20-11-19(40)10-17-4-2-5-21(33)24(17)20)28(35-13-22-34-8-6-23(41)36-22)38-30(37-26)43-15-31-7-3-9-39(31)14-18(32)12-31/h2,4-6,8,10-11,18,40H,3,7,9,12-15H2,1H3,(H,34,36,41)(H,35,37,38)/t18-,31+/m1/s1. The highest BCUT2D eigenvalue weighted by Gasteiger charge is 2.49. The van der Waals surface area contributed by atoms with Crippen LogP contribution in [0.5, 0.6) is 11.8 Å². The van der Waals surface area contributed by atoms with Crippen molar-refractivity contribution < 1.29 is 23.0 Å². The van der Waals surface area contributed by atoms with E-state index in [0.29, 0.717) is 29.7 Å². The number of benzene rings is 2. The molecule has 2 aliphatic heterocycles. The molecule has 2 saturated heterocycles. The molecule has 11 nitrogen and oxygen atoms in total. The van der Waals surface area contributed by atoms with E-state index >= 15 is 4.39 Å². The lowest BCUT2D eigenvalue weighted by molar-refractivity contribution is 0.107. The van der Waals surface area contributed by atoms with Crippen molar-refractivity contribution >= 4 is 27.5 Å². The molecular formula is C31H28F2N6O5. The summed E-state index contributed by atoms with van der Waals surface area (Å²) < 4.78 is 41.4. The second-order valence-electron chi connectivity index (χ2n) is 11.4. The van der Waals surface area contributed by atoms with Crippen LogP contribution in [0.2, 0.25) is 0 Å². The Hall–Kier alpha value is -4.91. The van der Waals surface area contributed by atoms with Crippen LogP contribution < -0.4 is 21.2 Å². The quantitative estimate of drug-likeness (QED) is 0.248. The molecule has 2 aliphatic rings. The number of H-pyrrole nitrogens is 1. The van der Waals surface area contributed by atoms with E-state index in [4.69, 9.17) is 9.15 Å². The van der Waals surface area contributed by atoms with E-state index in [1.807, 2.05) is 0 Å². The fourth-order valence-corrected chi connectivity index (χ4v) is 6.54. The maximum atomic E-state index is 15.1. The van der Waals surface area contributed by atoms with Crippen LogP contribution in [0.4, 0.5) is 14.6 Å². The number of aromatic hydroxyl groups is 1. The Morgan fingerprint density at radius 1 is 1.23 bits per heavy atom. The number of hydrogen-bond donors (Lipinski definition) is 3. The van der Waals surface area contributed by atoms with Crippen molar-refractivity contribution in [1.82, 2.24) is 24.8 Å². The molecule has 0 radical (unpaired) electrons. The molecular weight excluding hydrogens is 574 g/mol. The number of rotatable bonds is 7. The molecule has 5 aromatic rings. The van der Waals surface area contributed by atoms with Crippen molar-refractivity contribution in [3.05, 3.63) is 80.6 Å². The normalized spacial score (nSPS) is 19.9. The highest BCUT2D eigenvalue weighted by atomic mass is 19.1. The Labute approximate surface area is 248 Å². The summed E-state index contributed by atoms with van der Waals surface area (Å²) >= 11 is 0. The predicted molar refractivity (Wildman–Crippen MR) is 158 cm³/mol. The summed E-state index contributed by atoms with van der Waals surface area (Å²) in [5.41, 5.74) is -0.886. The molecule has 44 heavy (non-hydrogen) atoms. The minimum Gasteiger partial charge on any atom is -0.508 e. The van der Waals surface area contributed by atoms with Crippen LogP contribution in [0.1, 0.15) is 30.7 Å². The molecule has 0 saturated carbocycles. The Morgan fingerprint density at radius 2 is 2.09 bits per heavy atom. The van der Waals surface area contributed by atoms with E-state index in [-0.39, 0.29) is 63.9 Å². The van der Waals surface area contributed by atoms with Gasteiger partial charge in [0, 0.05) is 41.7 Å². The van der Waals surface area contributed by atoms with Crippen LogP contribution in [0.3, 0.4) is 0 Å². The smallest absolute Gasteiger partial charge is 0.349 e. The third-order valence-corrected chi connectivity index (χ3v) is 8.52. The number of halogens is 2. The van der Waals surface area contributed by atoms with Crippen LogP contribution in [0.15, 0.2) is 56.6 Å². The molecule has 0 spiro atoms. The number of phenols is 1. The van der Waals surface area contributed by atoms with Crippen LogP contribution >= 0.6 is 0 Å². The Balaban J connectivity index is 1.36. The largest absolute Gasteiger partial charge is 0.508 e. The number of hydrogen-bond acceptors (Lipinski definition) is 10. The second-order valence-corrected chi connectivity index (χ2v) is 11.4. The maximum absolute atomic E-state index is 15.1. The summed E-state index contributed by atoms with van der Waals surface area (Å²) in [6.45, 7) is 2.97. The topological polar surface area (TPSA) is 146 Å². The fourth-order valence-electron chi connectivity index (χ4n) is 6.54. The highest BCUT2D eigenvalue weighted by molar-refractivity contribution is 6.00.